The van der Waals surface area contributed by atoms with Crippen molar-refractivity contribution in [1.29, 1.82) is 0 Å². The van der Waals surface area contributed by atoms with Gasteiger partial charge in [0.05, 0.1) is 32.0 Å². The Morgan fingerprint density at radius 2 is 0.793 bits per heavy atom. The highest BCUT2D eigenvalue weighted by atomic mass is 16.7. The van der Waals surface area contributed by atoms with Crippen LogP contribution in [0.25, 0.3) is 0 Å². The molecule has 0 aliphatic carbocycles. The summed E-state index contributed by atoms with van der Waals surface area (Å²) in [6, 6.07) is -0.835. The number of nitrogens with one attached hydrogen (secondary N) is 1. The van der Waals surface area contributed by atoms with Gasteiger partial charge in [-0.05, 0) is 64.2 Å². The number of ether oxygens (including phenoxy) is 4. The number of allylic oxidation sites excluding steroid dienone is 12. The van der Waals surface area contributed by atoms with Crippen LogP contribution in [0, 0.1) is 0 Å². The molecule has 506 valence electrons. The van der Waals surface area contributed by atoms with Crippen molar-refractivity contribution < 1.29 is 64.6 Å². The topological polar surface area (TPSA) is 228 Å². The van der Waals surface area contributed by atoms with Crippen LogP contribution in [-0.4, -0.2) is 140 Å². The van der Waals surface area contributed by atoms with Crippen molar-refractivity contribution in [2.45, 2.75) is 364 Å². The van der Waals surface area contributed by atoms with Crippen molar-refractivity contribution in [3.05, 3.63) is 72.9 Å². The van der Waals surface area contributed by atoms with Gasteiger partial charge in [0.25, 0.3) is 0 Å². The number of carbonyl (C=O) groups is 1. The summed E-state index contributed by atoms with van der Waals surface area (Å²) in [5.41, 5.74) is 0. The minimum atomic E-state index is -1.79. The fraction of sp³-hybridized carbons (Fsp3) is 0.822. The lowest BCUT2D eigenvalue weighted by molar-refractivity contribution is -0.359. The van der Waals surface area contributed by atoms with Crippen molar-refractivity contribution in [3.63, 3.8) is 0 Å². The zero-order chi connectivity index (χ0) is 63.1. The normalized spacial score (nSPS) is 23.7. The maximum absolute atomic E-state index is 13.4. The standard InChI is InChI=1S/C73H131NO13/c1-3-5-7-9-11-13-15-17-19-21-23-25-27-28-29-30-31-32-33-34-35-37-39-41-43-45-47-49-51-53-55-57-65(78)74-61(60-84-72-70(83)68(81)71(64(59-76)86-72)87-73-69(82)67(80)66(79)63(58-75)85-73)62(77)56-54-52-50-48-46-44-42-40-38-36-26-24-22-20-18-16-14-12-10-8-6-4-2/h5,7,11,13,17,19,23,25,28-29,31-32,61-64,66-73,75-77,79-83H,3-4,6,8-10,12,14-16,18,20-22,24,26-27,30,33-60H2,1-2H3,(H,74,78)/b7-5-,13-11-,19-17-,25-23-,29-28-,32-31-. The Kier molecular flexibility index (Phi) is 53.1. The predicted octanol–water partition coefficient (Wildman–Crippen LogP) is 14.6. The van der Waals surface area contributed by atoms with Crippen LogP contribution in [0.2, 0.25) is 0 Å². The molecule has 2 fully saturated rings. The molecule has 2 aliphatic rings. The Labute approximate surface area is 529 Å². The van der Waals surface area contributed by atoms with Crippen LogP contribution < -0.4 is 5.32 Å². The Morgan fingerprint density at radius 3 is 1.22 bits per heavy atom. The van der Waals surface area contributed by atoms with E-state index in [2.05, 4.69) is 92.1 Å². The third-order valence-corrected chi connectivity index (χ3v) is 17.2. The minimum Gasteiger partial charge on any atom is -0.394 e. The monoisotopic (exact) mass is 1230 g/mol. The fourth-order valence-corrected chi connectivity index (χ4v) is 11.5. The third-order valence-electron chi connectivity index (χ3n) is 17.2. The van der Waals surface area contributed by atoms with E-state index in [0.29, 0.717) is 12.8 Å². The van der Waals surface area contributed by atoms with E-state index >= 15 is 0 Å². The van der Waals surface area contributed by atoms with Crippen LogP contribution >= 0.6 is 0 Å². The second-order valence-electron chi connectivity index (χ2n) is 25.0. The number of amides is 1. The Balaban J connectivity index is 1.66. The lowest BCUT2D eigenvalue weighted by Crippen LogP contribution is -2.65. The molecule has 0 bridgehead atoms. The molecule has 87 heavy (non-hydrogen) atoms. The lowest BCUT2D eigenvalue weighted by Gasteiger charge is -2.46. The van der Waals surface area contributed by atoms with E-state index in [0.717, 1.165) is 96.3 Å². The highest BCUT2D eigenvalue weighted by Crippen LogP contribution is 2.30. The van der Waals surface area contributed by atoms with Gasteiger partial charge >= 0.3 is 0 Å². The predicted molar refractivity (Wildman–Crippen MR) is 355 cm³/mol. The summed E-state index contributed by atoms with van der Waals surface area (Å²) in [5.74, 6) is -0.208. The van der Waals surface area contributed by atoms with Gasteiger partial charge in [0.15, 0.2) is 12.6 Å². The second-order valence-corrected chi connectivity index (χ2v) is 25.0. The summed E-state index contributed by atoms with van der Waals surface area (Å²) >= 11 is 0. The number of hydrogen-bond acceptors (Lipinski definition) is 13. The molecule has 0 aromatic rings. The summed E-state index contributed by atoms with van der Waals surface area (Å²) in [4.78, 5) is 13.4. The van der Waals surface area contributed by atoms with Gasteiger partial charge < -0.3 is 65.1 Å². The quantitative estimate of drug-likeness (QED) is 0.0204. The van der Waals surface area contributed by atoms with Crippen molar-refractivity contribution in [2.75, 3.05) is 19.8 Å². The van der Waals surface area contributed by atoms with E-state index in [-0.39, 0.29) is 12.5 Å². The van der Waals surface area contributed by atoms with Gasteiger partial charge in [-0.1, -0.05) is 292 Å². The Bertz CT molecular complexity index is 1740. The smallest absolute Gasteiger partial charge is 0.220 e. The van der Waals surface area contributed by atoms with Crippen LogP contribution in [0.5, 0.6) is 0 Å². The van der Waals surface area contributed by atoms with Gasteiger partial charge in [-0.15, -0.1) is 0 Å². The first-order chi connectivity index (χ1) is 42.6. The summed E-state index contributed by atoms with van der Waals surface area (Å²) in [6.45, 7) is 2.78. The molecule has 0 spiro atoms. The first kappa shape index (κ1) is 80.5. The molecule has 9 N–H and O–H groups in total. The van der Waals surface area contributed by atoms with Crippen molar-refractivity contribution >= 4 is 5.91 Å². The van der Waals surface area contributed by atoms with E-state index < -0.39 is 86.8 Å². The van der Waals surface area contributed by atoms with Crippen molar-refractivity contribution in [3.8, 4) is 0 Å². The first-order valence-corrected chi connectivity index (χ1v) is 35.7. The van der Waals surface area contributed by atoms with E-state index in [1.165, 1.54) is 167 Å². The van der Waals surface area contributed by atoms with Gasteiger partial charge in [-0.3, -0.25) is 4.79 Å². The van der Waals surface area contributed by atoms with Crippen molar-refractivity contribution in [2.24, 2.45) is 0 Å². The highest BCUT2D eigenvalue weighted by Gasteiger charge is 2.51. The molecule has 0 saturated carbocycles. The van der Waals surface area contributed by atoms with Crippen LogP contribution in [0.15, 0.2) is 72.9 Å². The summed E-state index contributed by atoms with van der Waals surface area (Å²) in [7, 11) is 0. The van der Waals surface area contributed by atoms with Crippen LogP contribution in [0.4, 0.5) is 0 Å². The zero-order valence-corrected chi connectivity index (χ0v) is 55.0. The van der Waals surface area contributed by atoms with Gasteiger partial charge in [0.1, 0.15) is 48.8 Å². The average Bonchev–Trinajstić information content (AvgIpc) is 2.33. The van der Waals surface area contributed by atoms with Gasteiger partial charge in [-0.25, -0.2) is 0 Å². The number of rotatable bonds is 58. The second kappa shape index (κ2) is 57.3. The summed E-state index contributed by atoms with van der Waals surface area (Å²) in [6.07, 6.45) is 60.5. The summed E-state index contributed by atoms with van der Waals surface area (Å²) < 4.78 is 22.9. The Hall–Kier alpha value is -2.57. The molecule has 0 radical (unpaired) electrons. The number of aliphatic hydroxyl groups is 8. The number of aliphatic hydroxyl groups excluding tert-OH is 8. The minimum absolute atomic E-state index is 0.208. The van der Waals surface area contributed by atoms with E-state index in [1.54, 1.807) is 0 Å². The molecule has 2 aliphatic heterocycles. The third kappa shape index (κ3) is 41.5. The molecule has 0 aromatic carbocycles. The molecular formula is C73H131NO13. The molecule has 12 atom stereocenters. The zero-order valence-electron chi connectivity index (χ0n) is 55.0. The van der Waals surface area contributed by atoms with Gasteiger partial charge in [0.2, 0.25) is 5.91 Å². The highest BCUT2D eigenvalue weighted by molar-refractivity contribution is 5.76. The number of carbonyl (C=O) groups excluding carboxylic acids is 1. The van der Waals surface area contributed by atoms with Gasteiger partial charge in [-0.2, -0.15) is 0 Å². The van der Waals surface area contributed by atoms with Crippen molar-refractivity contribution in [1.82, 2.24) is 5.32 Å². The maximum atomic E-state index is 13.4. The molecule has 14 heteroatoms. The molecule has 2 saturated heterocycles. The molecule has 0 aromatic heterocycles. The average molecular weight is 1230 g/mol. The molecule has 1 amide bonds. The largest absolute Gasteiger partial charge is 0.394 e. The molecule has 14 nitrogen and oxygen atoms in total. The van der Waals surface area contributed by atoms with E-state index in [4.69, 9.17) is 18.9 Å². The molecule has 2 heterocycles. The first-order valence-electron chi connectivity index (χ1n) is 35.7. The molecule has 12 unspecified atom stereocenters. The summed E-state index contributed by atoms with van der Waals surface area (Å²) in [5, 5.41) is 87.7. The lowest BCUT2D eigenvalue weighted by atomic mass is 9.97. The van der Waals surface area contributed by atoms with Crippen LogP contribution in [-0.2, 0) is 23.7 Å². The number of unbranched alkanes of at least 4 members (excludes halogenated alkanes) is 33. The van der Waals surface area contributed by atoms with E-state index in [1.807, 2.05) is 0 Å². The Morgan fingerprint density at radius 1 is 0.425 bits per heavy atom. The molecular weight excluding hydrogens is 1100 g/mol. The maximum Gasteiger partial charge on any atom is 0.220 e. The van der Waals surface area contributed by atoms with Crippen LogP contribution in [0.1, 0.15) is 290 Å². The van der Waals surface area contributed by atoms with Gasteiger partial charge in [0, 0.05) is 6.42 Å². The SMILES string of the molecule is CC/C=C\C/C=C\C/C=C\C/C=C\C/C=C\C/C=C\CCCCCCCCCCCCCCC(=O)NC(COC1OC(CO)C(OC2OC(CO)C(O)C(O)C2O)C(O)C1O)C(O)CCCCCCCCCCCCCCCCCCCCCCCC. The van der Waals surface area contributed by atoms with E-state index in [9.17, 15) is 45.6 Å². The fourth-order valence-electron chi connectivity index (χ4n) is 11.5. The molecule has 2 rings (SSSR count). The van der Waals surface area contributed by atoms with Crippen LogP contribution in [0.3, 0.4) is 0 Å². The number of hydrogen-bond donors (Lipinski definition) is 9.